The van der Waals surface area contributed by atoms with Gasteiger partial charge in [0, 0.05) is 23.3 Å². The van der Waals surface area contributed by atoms with Gasteiger partial charge in [-0.3, -0.25) is 9.36 Å². The van der Waals surface area contributed by atoms with Crippen LogP contribution < -0.4 is 5.56 Å². The summed E-state index contributed by atoms with van der Waals surface area (Å²) >= 11 is 1.60. The van der Waals surface area contributed by atoms with Gasteiger partial charge in [-0.2, -0.15) is 0 Å². The Morgan fingerprint density at radius 1 is 1.15 bits per heavy atom. The number of hydrogen-bond donors (Lipinski definition) is 1. The third-order valence-corrected chi connectivity index (χ3v) is 5.79. The summed E-state index contributed by atoms with van der Waals surface area (Å²) in [5.41, 5.74) is 3.34. The molecule has 6 heteroatoms. The summed E-state index contributed by atoms with van der Waals surface area (Å²) < 4.78 is 6.92. The Morgan fingerprint density at radius 3 is 2.67 bits per heavy atom. The van der Waals surface area contributed by atoms with E-state index in [1.807, 2.05) is 42.5 Å². The molecule has 27 heavy (non-hydrogen) atoms. The Morgan fingerprint density at radius 2 is 1.89 bits per heavy atom. The number of fused-ring (bicyclic) bond motifs is 3. The molecule has 1 atom stereocenters. The highest BCUT2D eigenvalue weighted by Crippen LogP contribution is 2.34. The average molecular weight is 379 g/mol. The minimum absolute atomic E-state index is 0.0592. The van der Waals surface area contributed by atoms with Crippen LogP contribution in [-0.4, -0.2) is 28.3 Å². The summed E-state index contributed by atoms with van der Waals surface area (Å²) in [6.07, 6.45) is 0. The molecule has 138 valence electrons. The highest BCUT2D eigenvalue weighted by Gasteiger charge is 2.18. The van der Waals surface area contributed by atoms with Crippen molar-refractivity contribution in [1.29, 1.82) is 0 Å². The van der Waals surface area contributed by atoms with Crippen LogP contribution in [0.15, 0.2) is 64.5 Å². The molecule has 0 fully saturated rings. The van der Waals surface area contributed by atoms with Crippen molar-refractivity contribution >= 4 is 33.7 Å². The number of H-pyrrole nitrogens is 1. The third-order valence-electron chi connectivity index (χ3n) is 4.65. The number of aromatic amines is 1. The van der Waals surface area contributed by atoms with Crippen LogP contribution >= 0.6 is 11.8 Å². The highest BCUT2D eigenvalue weighted by atomic mass is 32.2. The lowest BCUT2D eigenvalue weighted by atomic mass is 10.2. The first kappa shape index (κ1) is 17.8. The molecule has 0 aliphatic rings. The van der Waals surface area contributed by atoms with Gasteiger partial charge in [0.25, 0.3) is 5.56 Å². The summed E-state index contributed by atoms with van der Waals surface area (Å²) in [6.45, 7) is 3.06. The quantitative estimate of drug-likeness (QED) is 0.399. The Balaban J connectivity index is 1.86. The summed E-state index contributed by atoms with van der Waals surface area (Å²) in [5.74, 6) is 0. The number of thioether (sulfide) groups is 1. The molecule has 0 aliphatic heterocycles. The molecule has 0 saturated carbocycles. The number of hydrogen-bond acceptors (Lipinski definition) is 4. The monoisotopic (exact) mass is 379 g/mol. The minimum Gasteiger partial charge on any atom is -0.383 e. The van der Waals surface area contributed by atoms with E-state index in [0.717, 1.165) is 16.4 Å². The maximum Gasteiger partial charge on any atom is 0.278 e. The van der Waals surface area contributed by atoms with Gasteiger partial charge >= 0.3 is 0 Å². The van der Waals surface area contributed by atoms with E-state index in [-0.39, 0.29) is 10.8 Å². The molecule has 4 aromatic rings. The third kappa shape index (κ3) is 3.38. The maximum absolute atomic E-state index is 13.2. The topological polar surface area (TPSA) is 59.9 Å². The summed E-state index contributed by atoms with van der Waals surface area (Å²) in [7, 11) is 1.64. The molecule has 0 unspecified atom stereocenters. The molecule has 2 heterocycles. The van der Waals surface area contributed by atoms with Crippen LogP contribution in [-0.2, 0) is 11.3 Å². The first-order valence-electron chi connectivity index (χ1n) is 8.91. The second kappa shape index (κ2) is 7.58. The van der Waals surface area contributed by atoms with E-state index in [1.165, 1.54) is 5.56 Å². The smallest absolute Gasteiger partial charge is 0.278 e. The molecule has 0 spiro atoms. The van der Waals surface area contributed by atoms with Gasteiger partial charge in [0.1, 0.15) is 11.0 Å². The fourth-order valence-corrected chi connectivity index (χ4v) is 4.25. The molecule has 2 aromatic heterocycles. The molecule has 1 N–H and O–H groups in total. The van der Waals surface area contributed by atoms with E-state index in [1.54, 1.807) is 23.4 Å². The van der Waals surface area contributed by atoms with Crippen LogP contribution in [0.4, 0.5) is 0 Å². The standard InChI is InChI=1S/C21H21N3O2S/c1-14(15-8-4-3-5-9-15)27-21-23-18-16-10-6-7-11-17(16)22-19(18)20(25)24(21)12-13-26-2/h3-11,14,22H,12-13H2,1-2H3/t14-/m1/s1. The molecule has 5 nitrogen and oxygen atoms in total. The minimum atomic E-state index is -0.0592. The van der Waals surface area contributed by atoms with E-state index in [4.69, 9.17) is 9.72 Å². The lowest BCUT2D eigenvalue weighted by Gasteiger charge is -2.15. The zero-order chi connectivity index (χ0) is 18.8. The van der Waals surface area contributed by atoms with Gasteiger partial charge in [-0.05, 0) is 18.6 Å². The van der Waals surface area contributed by atoms with Crippen LogP contribution in [0, 0.1) is 0 Å². The molecule has 4 rings (SSSR count). The van der Waals surface area contributed by atoms with Gasteiger partial charge in [0.15, 0.2) is 5.16 Å². The SMILES string of the molecule is COCCn1c(S[C@H](C)c2ccccc2)nc2c([nH]c3ccccc32)c1=O. The molecule has 2 aromatic carbocycles. The molecular weight excluding hydrogens is 358 g/mol. The number of para-hydroxylation sites is 1. The predicted octanol–water partition coefficient (Wildman–Crippen LogP) is 4.38. The van der Waals surface area contributed by atoms with Crippen LogP contribution in [0.25, 0.3) is 21.9 Å². The van der Waals surface area contributed by atoms with E-state index in [0.29, 0.717) is 23.8 Å². The van der Waals surface area contributed by atoms with Gasteiger partial charge in [-0.15, -0.1) is 0 Å². The number of benzene rings is 2. The Kier molecular flexibility index (Phi) is 5.01. The first-order valence-corrected chi connectivity index (χ1v) is 9.79. The molecule has 0 amide bonds. The van der Waals surface area contributed by atoms with E-state index < -0.39 is 0 Å². The Bertz CT molecular complexity index is 1130. The second-order valence-corrected chi connectivity index (χ2v) is 7.72. The second-order valence-electron chi connectivity index (χ2n) is 6.41. The first-order chi connectivity index (χ1) is 13.2. The fourth-order valence-electron chi connectivity index (χ4n) is 3.20. The lowest BCUT2D eigenvalue weighted by Crippen LogP contribution is -2.25. The van der Waals surface area contributed by atoms with Gasteiger partial charge in [-0.1, -0.05) is 60.3 Å². The van der Waals surface area contributed by atoms with Crippen molar-refractivity contribution in [3.63, 3.8) is 0 Å². The molecular formula is C21H21N3O2S. The number of aromatic nitrogens is 3. The van der Waals surface area contributed by atoms with Gasteiger partial charge < -0.3 is 9.72 Å². The van der Waals surface area contributed by atoms with Crippen molar-refractivity contribution in [2.75, 3.05) is 13.7 Å². The Labute approximate surface area is 161 Å². The summed E-state index contributed by atoms with van der Waals surface area (Å²) in [6, 6.07) is 18.1. The van der Waals surface area contributed by atoms with Crippen LogP contribution in [0.3, 0.4) is 0 Å². The van der Waals surface area contributed by atoms with Crippen LogP contribution in [0.5, 0.6) is 0 Å². The lowest BCUT2D eigenvalue weighted by molar-refractivity contribution is 0.183. The number of nitrogens with one attached hydrogen (secondary N) is 1. The number of rotatable bonds is 6. The normalized spacial score (nSPS) is 12.7. The average Bonchev–Trinajstić information content (AvgIpc) is 3.07. The van der Waals surface area contributed by atoms with Gasteiger partial charge in [0.2, 0.25) is 0 Å². The van der Waals surface area contributed by atoms with E-state index in [2.05, 4.69) is 24.0 Å². The van der Waals surface area contributed by atoms with Gasteiger partial charge in [0.05, 0.1) is 13.2 Å². The van der Waals surface area contributed by atoms with Crippen LogP contribution in [0.2, 0.25) is 0 Å². The van der Waals surface area contributed by atoms with Crippen molar-refractivity contribution in [3.05, 3.63) is 70.5 Å². The summed E-state index contributed by atoms with van der Waals surface area (Å²) in [5, 5.41) is 1.86. The highest BCUT2D eigenvalue weighted by molar-refractivity contribution is 7.99. The molecule has 0 aliphatic carbocycles. The maximum atomic E-state index is 13.2. The fraction of sp³-hybridized carbons (Fsp3) is 0.238. The summed E-state index contributed by atoms with van der Waals surface area (Å²) in [4.78, 5) is 21.3. The zero-order valence-electron chi connectivity index (χ0n) is 15.3. The predicted molar refractivity (Wildman–Crippen MR) is 110 cm³/mol. The van der Waals surface area contributed by atoms with Crippen molar-refractivity contribution < 1.29 is 4.74 Å². The van der Waals surface area contributed by atoms with Crippen molar-refractivity contribution in [3.8, 4) is 0 Å². The zero-order valence-corrected chi connectivity index (χ0v) is 16.1. The van der Waals surface area contributed by atoms with Crippen molar-refractivity contribution in [2.45, 2.75) is 23.9 Å². The Hall–Kier alpha value is -2.57. The largest absolute Gasteiger partial charge is 0.383 e. The van der Waals surface area contributed by atoms with Crippen molar-refractivity contribution in [2.24, 2.45) is 0 Å². The number of ether oxygens (including phenoxy) is 1. The number of nitrogens with zero attached hydrogens (tertiary/aromatic N) is 2. The number of methoxy groups -OCH3 is 1. The van der Waals surface area contributed by atoms with Crippen molar-refractivity contribution in [1.82, 2.24) is 14.5 Å². The van der Waals surface area contributed by atoms with Crippen LogP contribution in [0.1, 0.15) is 17.7 Å². The van der Waals surface area contributed by atoms with E-state index >= 15 is 0 Å². The molecule has 0 bridgehead atoms. The van der Waals surface area contributed by atoms with E-state index in [9.17, 15) is 4.79 Å². The molecule has 0 radical (unpaired) electrons. The molecule has 0 saturated heterocycles. The van der Waals surface area contributed by atoms with Gasteiger partial charge in [-0.25, -0.2) is 4.98 Å².